The third-order valence-corrected chi connectivity index (χ3v) is 4.23. The number of benzene rings is 1. The minimum atomic E-state index is 0.0177. The summed E-state index contributed by atoms with van der Waals surface area (Å²) in [5.41, 5.74) is 0.870. The Morgan fingerprint density at radius 1 is 1.35 bits per heavy atom. The molecular weight excluding hydrogens is 276 g/mol. The number of thiazole rings is 1. The van der Waals surface area contributed by atoms with Crippen LogP contribution in [0, 0.1) is 0 Å². The van der Waals surface area contributed by atoms with Crippen LogP contribution in [0.2, 0.25) is 0 Å². The molecule has 0 bridgehead atoms. The molecule has 2 heterocycles. The highest BCUT2D eigenvalue weighted by Crippen LogP contribution is 2.24. The van der Waals surface area contributed by atoms with Crippen molar-refractivity contribution in [3.63, 3.8) is 0 Å². The lowest BCUT2D eigenvalue weighted by Crippen LogP contribution is -2.29. The van der Waals surface area contributed by atoms with Gasteiger partial charge in [0.15, 0.2) is 4.80 Å². The molecule has 0 saturated carbocycles. The third-order valence-electron chi connectivity index (χ3n) is 3.19. The van der Waals surface area contributed by atoms with Gasteiger partial charge in [-0.3, -0.25) is 14.4 Å². The molecule has 0 N–H and O–H groups in total. The Bertz CT molecular complexity index is 820. The molecule has 1 aliphatic rings. The molecule has 3 rings (SSSR count). The van der Waals surface area contributed by atoms with Crippen LogP contribution < -0.4 is 24.4 Å². The van der Waals surface area contributed by atoms with Crippen LogP contribution >= 0.6 is 11.3 Å². The Balaban J connectivity index is 2.15. The van der Waals surface area contributed by atoms with Gasteiger partial charge in [-0.2, -0.15) is 0 Å². The van der Waals surface area contributed by atoms with E-state index < -0.39 is 0 Å². The lowest BCUT2D eigenvalue weighted by molar-refractivity contribution is 0.393. The minimum Gasteiger partial charge on any atom is -0.497 e. The molecular formula is C14H14N2O3S. The molecule has 0 atom stereocenters. The fourth-order valence-electron chi connectivity index (χ4n) is 2.15. The average molecular weight is 290 g/mol. The largest absolute Gasteiger partial charge is 0.497 e. The quantitative estimate of drug-likeness (QED) is 0.821. The summed E-state index contributed by atoms with van der Waals surface area (Å²) in [6.07, 6.45) is 1.84. The van der Waals surface area contributed by atoms with Gasteiger partial charge < -0.3 is 9.47 Å². The first-order chi connectivity index (χ1) is 9.72. The molecule has 1 aromatic carbocycles. The maximum atomic E-state index is 12.2. The number of rotatable bonds is 3. The molecule has 104 valence electrons. The van der Waals surface area contributed by atoms with Gasteiger partial charge in [-0.15, -0.1) is 0 Å². The number of hydrogen-bond acceptors (Lipinski definition) is 5. The van der Waals surface area contributed by atoms with E-state index in [0.717, 1.165) is 16.1 Å². The molecule has 2 aromatic rings. The van der Waals surface area contributed by atoms with Crippen LogP contribution in [0.5, 0.6) is 11.5 Å². The highest BCUT2D eigenvalue weighted by atomic mass is 32.1. The summed E-state index contributed by atoms with van der Waals surface area (Å²) in [5.74, 6) is 1.40. The summed E-state index contributed by atoms with van der Waals surface area (Å²) < 4.78 is 12.9. The molecule has 1 aromatic heterocycles. The van der Waals surface area contributed by atoms with Crippen LogP contribution in [0.3, 0.4) is 0 Å². The molecule has 0 amide bonds. The van der Waals surface area contributed by atoms with Crippen molar-refractivity contribution in [1.82, 2.24) is 4.57 Å². The first-order valence-electron chi connectivity index (χ1n) is 6.21. The molecule has 0 aliphatic carbocycles. The number of nitrogens with zero attached hydrogens (tertiary/aromatic N) is 2. The average Bonchev–Trinajstić information content (AvgIpc) is 3.04. The third kappa shape index (κ3) is 2.12. The van der Waals surface area contributed by atoms with Crippen molar-refractivity contribution in [3.05, 3.63) is 43.5 Å². The van der Waals surface area contributed by atoms with Crippen molar-refractivity contribution in [2.75, 3.05) is 20.8 Å². The SMILES string of the molecule is COc1ccc(C=c2sc3n(c2=O)CCN=3)c(OC)c1. The topological polar surface area (TPSA) is 52.8 Å². The van der Waals surface area contributed by atoms with Crippen molar-refractivity contribution >= 4 is 17.4 Å². The second kappa shape index (κ2) is 5.13. The van der Waals surface area contributed by atoms with Crippen LogP contribution in [-0.4, -0.2) is 25.3 Å². The van der Waals surface area contributed by atoms with Crippen LogP contribution in [0.15, 0.2) is 28.0 Å². The van der Waals surface area contributed by atoms with Crippen molar-refractivity contribution in [1.29, 1.82) is 0 Å². The summed E-state index contributed by atoms with van der Waals surface area (Å²) in [5, 5.41) is 0. The predicted octanol–water partition coefficient (Wildman–Crippen LogP) is 0.389. The lowest BCUT2D eigenvalue weighted by Gasteiger charge is -2.06. The fraction of sp³-hybridized carbons (Fsp3) is 0.286. The van der Waals surface area contributed by atoms with Gasteiger partial charge in [-0.25, -0.2) is 0 Å². The monoisotopic (exact) mass is 290 g/mol. The van der Waals surface area contributed by atoms with Crippen molar-refractivity contribution in [3.8, 4) is 11.5 Å². The van der Waals surface area contributed by atoms with E-state index in [9.17, 15) is 4.79 Å². The van der Waals surface area contributed by atoms with Gasteiger partial charge in [0, 0.05) is 18.2 Å². The highest BCUT2D eigenvalue weighted by Gasteiger charge is 2.10. The predicted molar refractivity (Wildman–Crippen MR) is 77.3 cm³/mol. The van der Waals surface area contributed by atoms with Crippen molar-refractivity contribution < 1.29 is 9.47 Å². The van der Waals surface area contributed by atoms with Crippen molar-refractivity contribution in [2.45, 2.75) is 6.54 Å². The molecule has 0 radical (unpaired) electrons. The Morgan fingerprint density at radius 3 is 2.90 bits per heavy atom. The van der Waals surface area contributed by atoms with Gasteiger partial charge in [0.1, 0.15) is 11.5 Å². The second-order valence-electron chi connectivity index (χ2n) is 4.34. The van der Waals surface area contributed by atoms with E-state index in [0.29, 0.717) is 23.4 Å². The Labute approximate surface area is 119 Å². The molecule has 5 nitrogen and oxygen atoms in total. The maximum Gasteiger partial charge on any atom is 0.270 e. The number of methoxy groups -OCH3 is 2. The number of aromatic nitrogens is 1. The second-order valence-corrected chi connectivity index (χ2v) is 5.35. The number of hydrogen-bond donors (Lipinski definition) is 0. The molecule has 6 heteroatoms. The zero-order valence-corrected chi connectivity index (χ0v) is 12.1. The molecule has 20 heavy (non-hydrogen) atoms. The number of ether oxygens (including phenoxy) is 2. The summed E-state index contributed by atoms with van der Waals surface area (Å²) in [6, 6.07) is 5.52. The molecule has 0 spiro atoms. The van der Waals surface area contributed by atoms with Crippen LogP contribution in [0.1, 0.15) is 5.56 Å². The molecule has 0 fully saturated rings. The van der Waals surface area contributed by atoms with Gasteiger partial charge in [-0.1, -0.05) is 11.3 Å². The van der Waals surface area contributed by atoms with E-state index in [1.807, 2.05) is 18.2 Å². The van der Waals surface area contributed by atoms with Gasteiger partial charge in [0.2, 0.25) is 0 Å². The Kier molecular flexibility index (Phi) is 3.31. The van der Waals surface area contributed by atoms with Gasteiger partial charge in [0.05, 0.1) is 25.3 Å². The lowest BCUT2D eigenvalue weighted by atomic mass is 10.2. The van der Waals surface area contributed by atoms with Crippen molar-refractivity contribution in [2.24, 2.45) is 4.99 Å². The van der Waals surface area contributed by atoms with Gasteiger partial charge in [0.25, 0.3) is 5.56 Å². The highest BCUT2D eigenvalue weighted by molar-refractivity contribution is 7.07. The van der Waals surface area contributed by atoms with Crippen LogP contribution in [-0.2, 0) is 6.54 Å². The fourth-order valence-corrected chi connectivity index (χ4v) is 3.17. The smallest absolute Gasteiger partial charge is 0.270 e. The first kappa shape index (κ1) is 12.9. The van der Waals surface area contributed by atoms with E-state index in [1.54, 1.807) is 24.9 Å². The Morgan fingerprint density at radius 2 is 2.20 bits per heavy atom. The summed E-state index contributed by atoms with van der Waals surface area (Å²) >= 11 is 1.41. The summed E-state index contributed by atoms with van der Waals surface area (Å²) in [4.78, 5) is 17.3. The van der Waals surface area contributed by atoms with Crippen LogP contribution in [0.25, 0.3) is 6.08 Å². The Hall–Kier alpha value is -2.08. The zero-order valence-electron chi connectivity index (χ0n) is 11.3. The van der Waals surface area contributed by atoms with E-state index in [4.69, 9.17) is 9.47 Å². The van der Waals surface area contributed by atoms with E-state index in [2.05, 4.69) is 4.99 Å². The van der Waals surface area contributed by atoms with Gasteiger partial charge in [-0.05, 0) is 18.2 Å². The summed E-state index contributed by atoms with van der Waals surface area (Å²) in [6.45, 7) is 1.38. The minimum absolute atomic E-state index is 0.0177. The molecule has 0 saturated heterocycles. The van der Waals surface area contributed by atoms with E-state index in [-0.39, 0.29) is 5.56 Å². The maximum absolute atomic E-state index is 12.2. The van der Waals surface area contributed by atoms with E-state index in [1.165, 1.54) is 11.3 Å². The van der Waals surface area contributed by atoms with Crippen LogP contribution in [0.4, 0.5) is 0 Å². The normalized spacial score (nSPS) is 14.0. The molecule has 1 aliphatic heterocycles. The summed E-state index contributed by atoms with van der Waals surface area (Å²) in [7, 11) is 3.21. The van der Waals surface area contributed by atoms with E-state index >= 15 is 0 Å². The molecule has 0 unspecified atom stereocenters. The number of fused-ring (bicyclic) bond motifs is 1. The van der Waals surface area contributed by atoms with Gasteiger partial charge >= 0.3 is 0 Å². The first-order valence-corrected chi connectivity index (χ1v) is 7.02. The zero-order chi connectivity index (χ0) is 14.1. The standard InChI is InChI=1S/C14H14N2O3S/c1-18-10-4-3-9(11(8-10)19-2)7-12-13(17)16-6-5-15-14(16)20-12/h3-4,7-8H,5-6H2,1-2H3.